The van der Waals surface area contributed by atoms with Gasteiger partial charge in [-0.3, -0.25) is 19.3 Å². The highest BCUT2D eigenvalue weighted by molar-refractivity contribution is 9.10. The fraction of sp³-hybridized carbons (Fsp3) is 0.190. The monoisotopic (exact) mass is 459 g/mol. The lowest BCUT2D eigenvalue weighted by Crippen LogP contribution is -2.33. The summed E-state index contributed by atoms with van der Waals surface area (Å²) in [5.74, 6) is -0.0336. The first-order valence-electron chi connectivity index (χ1n) is 8.65. The lowest BCUT2D eigenvalue weighted by molar-refractivity contribution is -0.122. The van der Waals surface area contributed by atoms with E-state index in [9.17, 15) is 14.4 Å². The van der Waals surface area contributed by atoms with Gasteiger partial charge in [0.1, 0.15) is 5.75 Å². The number of imide groups is 1. The molecule has 0 unspecified atom stereocenters. The van der Waals surface area contributed by atoms with Gasteiger partial charge in [-0.25, -0.2) is 0 Å². The minimum atomic E-state index is -0.460. The number of rotatable bonds is 6. The molecule has 3 rings (SSSR count). The van der Waals surface area contributed by atoms with Gasteiger partial charge in [0, 0.05) is 5.56 Å². The SMILES string of the molecule is CC(C)Oc1ccc(/C=C2\SC(=O)N(CC(=O)c3ccccc3)C2=O)cc1Br. The Morgan fingerprint density at radius 1 is 1.18 bits per heavy atom. The molecule has 28 heavy (non-hydrogen) atoms. The summed E-state index contributed by atoms with van der Waals surface area (Å²) < 4.78 is 6.43. The van der Waals surface area contributed by atoms with Crippen molar-refractivity contribution < 1.29 is 19.1 Å². The average Bonchev–Trinajstić information content (AvgIpc) is 2.92. The van der Waals surface area contributed by atoms with E-state index in [2.05, 4.69) is 15.9 Å². The number of ether oxygens (including phenoxy) is 1. The Kier molecular flexibility index (Phi) is 6.36. The lowest BCUT2D eigenvalue weighted by atomic mass is 10.1. The van der Waals surface area contributed by atoms with Crippen LogP contribution in [0.15, 0.2) is 57.9 Å². The third kappa shape index (κ3) is 4.72. The summed E-state index contributed by atoms with van der Waals surface area (Å²) in [7, 11) is 0. The summed E-state index contributed by atoms with van der Waals surface area (Å²) in [4.78, 5) is 38.5. The molecule has 1 saturated heterocycles. The quantitative estimate of drug-likeness (QED) is 0.441. The Hall–Kier alpha value is -2.38. The van der Waals surface area contributed by atoms with Crippen LogP contribution in [0.25, 0.3) is 6.08 Å². The lowest BCUT2D eigenvalue weighted by Gasteiger charge is -2.12. The van der Waals surface area contributed by atoms with Crippen molar-refractivity contribution in [1.82, 2.24) is 4.90 Å². The van der Waals surface area contributed by atoms with Gasteiger partial charge in [0.25, 0.3) is 11.1 Å². The molecule has 1 fully saturated rings. The fourth-order valence-electron chi connectivity index (χ4n) is 2.60. The Bertz CT molecular complexity index is 956. The molecule has 0 N–H and O–H groups in total. The van der Waals surface area contributed by atoms with E-state index in [1.54, 1.807) is 42.5 Å². The van der Waals surface area contributed by atoms with Crippen molar-refractivity contribution in [2.45, 2.75) is 20.0 Å². The standard InChI is InChI=1S/C21H18BrNO4S/c1-13(2)27-18-9-8-14(10-16(18)22)11-19-20(25)23(21(26)28-19)12-17(24)15-6-4-3-5-7-15/h3-11,13H,12H2,1-2H3/b19-11-. The summed E-state index contributed by atoms with van der Waals surface area (Å²) in [6, 6.07) is 14.0. The van der Waals surface area contributed by atoms with Crippen molar-refractivity contribution in [2.75, 3.05) is 6.54 Å². The molecule has 0 radical (unpaired) electrons. The minimum Gasteiger partial charge on any atom is -0.490 e. The summed E-state index contributed by atoms with van der Waals surface area (Å²) in [6.45, 7) is 3.61. The van der Waals surface area contributed by atoms with Crippen LogP contribution in [0.2, 0.25) is 0 Å². The molecule has 0 spiro atoms. The third-order valence-electron chi connectivity index (χ3n) is 3.89. The zero-order valence-electron chi connectivity index (χ0n) is 15.3. The molecule has 0 aromatic heterocycles. The molecule has 0 bridgehead atoms. The smallest absolute Gasteiger partial charge is 0.293 e. The number of ketones is 1. The maximum Gasteiger partial charge on any atom is 0.293 e. The van der Waals surface area contributed by atoms with Gasteiger partial charge in [0.05, 0.1) is 22.0 Å². The molecule has 5 nitrogen and oxygen atoms in total. The van der Waals surface area contributed by atoms with Crippen LogP contribution in [0.1, 0.15) is 29.8 Å². The minimum absolute atomic E-state index is 0.0424. The van der Waals surface area contributed by atoms with E-state index in [0.29, 0.717) is 11.3 Å². The number of amides is 2. The highest BCUT2D eigenvalue weighted by Gasteiger charge is 2.36. The molecule has 2 aromatic rings. The zero-order chi connectivity index (χ0) is 20.3. The maximum absolute atomic E-state index is 12.6. The number of halogens is 1. The van der Waals surface area contributed by atoms with Crippen LogP contribution in [-0.2, 0) is 4.79 Å². The normalized spacial score (nSPS) is 15.6. The number of carbonyl (C=O) groups excluding carboxylic acids is 3. The Morgan fingerprint density at radius 3 is 2.54 bits per heavy atom. The summed E-state index contributed by atoms with van der Waals surface area (Å²) in [6.07, 6.45) is 1.68. The molecule has 7 heteroatoms. The summed E-state index contributed by atoms with van der Waals surface area (Å²) in [5.41, 5.74) is 1.22. The molecule has 1 aliphatic heterocycles. The van der Waals surface area contributed by atoms with Crippen LogP contribution in [-0.4, -0.2) is 34.5 Å². The van der Waals surface area contributed by atoms with E-state index < -0.39 is 11.1 Å². The van der Waals surface area contributed by atoms with Crippen molar-refractivity contribution in [3.05, 3.63) is 69.0 Å². The van der Waals surface area contributed by atoms with Crippen molar-refractivity contribution >= 4 is 50.7 Å². The second-order valence-electron chi connectivity index (χ2n) is 6.41. The number of thioether (sulfide) groups is 1. The topological polar surface area (TPSA) is 63.7 Å². The first kappa shape index (κ1) is 20.4. The first-order valence-corrected chi connectivity index (χ1v) is 10.3. The number of benzene rings is 2. The Balaban J connectivity index is 1.76. The molecular formula is C21H18BrNO4S. The van der Waals surface area contributed by atoms with E-state index in [-0.39, 0.29) is 23.3 Å². The van der Waals surface area contributed by atoms with Gasteiger partial charge in [-0.05, 0) is 65.3 Å². The van der Waals surface area contributed by atoms with E-state index in [1.807, 2.05) is 26.0 Å². The van der Waals surface area contributed by atoms with Crippen molar-refractivity contribution in [2.24, 2.45) is 0 Å². The number of hydrogen-bond acceptors (Lipinski definition) is 5. The molecule has 2 aromatic carbocycles. The van der Waals surface area contributed by atoms with Crippen LogP contribution < -0.4 is 4.74 Å². The molecule has 2 amide bonds. The molecule has 0 saturated carbocycles. The van der Waals surface area contributed by atoms with Gasteiger partial charge in [0.2, 0.25) is 0 Å². The van der Waals surface area contributed by atoms with Crippen molar-refractivity contribution in [1.29, 1.82) is 0 Å². The fourth-order valence-corrected chi connectivity index (χ4v) is 3.93. The highest BCUT2D eigenvalue weighted by atomic mass is 79.9. The van der Waals surface area contributed by atoms with Crippen LogP contribution in [0.3, 0.4) is 0 Å². The van der Waals surface area contributed by atoms with E-state index >= 15 is 0 Å². The number of nitrogens with zero attached hydrogens (tertiary/aromatic N) is 1. The van der Waals surface area contributed by atoms with Crippen molar-refractivity contribution in [3.8, 4) is 5.75 Å². The molecule has 1 aliphatic rings. The average molecular weight is 460 g/mol. The molecule has 0 aliphatic carbocycles. The summed E-state index contributed by atoms with van der Waals surface area (Å²) >= 11 is 4.29. The largest absolute Gasteiger partial charge is 0.490 e. The molecule has 0 atom stereocenters. The van der Waals surface area contributed by atoms with Gasteiger partial charge in [-0.2, -0.15) is 0 Å². The highest BCUT2D eigenvalue weighted by Crippen LogP contribution is 2.34. The van der Waals surface area contributed by atoms with Crippen LogP contribution >= 0.6 is 27.7 Å². The van der Waals surface area contributed by atoms with Gasteiger partial charge in [0.15, 0.2) is 5.78 Å². The predicted octanol–water partition coefficient (Wildman–Crippen LogP) is 5.16. The van der Waals surface area contributed by atoms with Gasteiger partial charge < -0.3 is 4.74 Å². The van der Waals surface area contributed by atoms with Crippen LogP contribution in [0, 0.1) is 0 Å². The second kappa shape index (κ2) is 8.75. The second-order valence-corrected chi connectivity index (χ2v) is 8.26. The first-order chi connectivity index (χ1) is 13.3. The summed E-state index contributed by atoms with van der Waals surface area (Å²) in [5, 5.41) is -0.445. The van der Waals surface area contributed by atoms with Gasteiger partial charge >= 0.3 is 0 Å². The Labute approximate surface area is 175 Å². The number of hydrogen-bond donors (Lipinski definition) is 0. The van der Waals surface area contributed by atoms with Crippen LogP contribution in [0.4, 0.5) is 4.79 Å². The Morgan fingerprint density at radius 2 is 1.89 bits per heavy atom. The van der Waals surface area contributed by atoms with Crippen LogP contribution in [0.5, 0.6) is 5.75 Å². The van der Waals surface area contributed by atoms with E-state index in [0.717, 1.165) is 26.7 Å². The molecule has 1 heterocycles. The van der Waals surface area contributed by atoms with E-state index in [1.165, 1.54) is 0 Å². The molecular weight excluding hydrogens is 442 g/mol. The molecule has 144 valence electrons. The number of carbonyl (C=O) groups is 3. The van der Waals surface area contributed by atoms with E-state index in [4.69, 9.17) is 4.74 Å². The predicted molar refractivity (Wildman–Crippen MR) is 113 cm³/mol. The number of Topliss-reactive ketones (excluding diaryl/α,β-unsaturated/α-hetero) is 1. The van der Waals surface area contributed by atoms with Gasteiger partial charge in [-0.1, -0.05) is 36.4 Å². The zero-order valence-corrected chi connectivity index (χ0v) is 17.7. The maximum atomic E-state index is 12.6. The third-order valence-corrected chi connectivity index (χ3v) is 5.41. The van der Waals surface area contributed by atoms with Gasteiger partial charge in [-0.15, -0.1) is 0 Å². The van der Waals surface area contributed by atoms with Crippen molar-refractivity contribution in [3.63, 3.8) is 0 Å².